The molecule has 1 aromatic rings. The van der Waals surface area contributed by atoms with Crippen LogP contribution < -0.4 is 10.6 Å². The maximum Gasteiger partial charge on any atom is 0.419 e. The highest BCUT2D eigenvalue weighted by molar-refractivity contribution is 5.49. The molecular weight excluding hydrogens is 255 g/mol. The molecule has 3 nitrogen and oxygen atoms in total. The van der Waals surface area contributed by atoms with Gasteiger partial charge in [-0.25, -0.2) is 4.98 Å². The molecule has 0 amide bonds. The van der Waals surface area contributed by atoms with Crippen molar-refractivity contribution in [3.05, 3.63) is 23.9 Å². The van der Waals surface area contributed by atoms with Gasteiger partial charge < -0.3 is 10.6 Å². The molecule has 104 valence electrons. The highest BCUT2D eigenvalue weighted by Gasteiger charge is 2.44. The quantitative estimate of drug-likeness (QED) is 0.852. The number of halogens is 3. The molecule has 0 aromatic carbocycles. The van der Waals surface area contributed by atoms with Gasteiger partial charge in [-0.2, -0.15) is 13.2 Å². The molecule has 1 aliphatic carbocycles. The lowest BCUT2D eigenvalue weighted by Gasteiger charge is -2.23. The first-order valence-electron chi connectivity index (χ1n) is 6.49. The fourth-order valence-corrected chi connectivity index (χ4v) is 3.35. The van der Waals surface area contributed by atoms with Gasteiger partial charge in [0.15, 0.2) is 0 Å². The second-order valence-corrected chi connectivity index (χ2v) is 5.44. The minimum Gasteiger partial charge on any atom is -0.355 e. The van der Waals surface area contributed by atoms with E-state index in [4.69, 9.17) is 5.73 Å². The molecule has 0 radical (unpaired) electrons. The van der Waals surface area contributed by atoms with Crippen LogP contribution in [0, 0.1) is 11.8 Å². The first-order chi connectivity index (χ1) is 8.97. The monoisotopic (exact) mass is 271 g/mol. The highest BCUT2D eigenvalue weighted by Crippen LogP contribution is 2.42. The highest BCUT2D eigenvalue weighted by atomic mass is 19.4. The lowest BCUT2D eigenvalue weighted by molar-refractivity contribution is -0.137. The van der Waals surface area contributed by atoms with E-state index in [0.29, 0.717) is 24.9 Å². The second kappa shape index (κ2) is 4.37. The van der Waals surface area contributed by atoms with E-state index in [1.807, 2.05) is 0 Å². The van der Waals surface area contributed by atoms with Crippen molar-refractivity contribution in [3.8, 4) is 0 Å². The molecular formula is C13H16F3N3. The minimum atomic E-state index is -4.36. The number of alkyl halides is 3. The lowest BCUT2D eigenvalue weighted by Crippen LogP contribution is -2.31. The minimum absolute atomic E-state index is 0.0524. The van der Waals surface area contributed by atoms with E-state index >= 15 is 0 Å². The number of nitrogens with two attached hydrogens (primary N) is 1. The van der Waals surface area contributed by atoms with Crippen LogP contribution in [0.3, 0.4) is 0 Å². The predicted octanol–water partition coefficient (Wildman–Crippen LogP) is 2.27. The number of nitrogens with zero attached hydrogens (tertiary/aromatic N) is 2. The fourth-order valence-electron chi connectivity index (χ4n) is 3.35. The molecule has 1 saturated heterocycles. The van der Waals surface area contributed by atoms with Crippen molar-refractivity contribution >= 4 is 5.82 Å². The smallest absolute Gasteiger partial charge is 0.355 e. The van der Waals surface area contributed by atoms with Crippen molar-refractivity contribution in [2.24, 2.45) is 17.6 Å². The number of fused-ring (bicyclic) bond motifs is 1. The van der Waals surface area contributed by atoms with Crippen molar-refractivity contribution in [2.45, 2.75) is 25.1 Å². The molecule has 0 spiro atoms. The summed E-state index contributed by atoms with van der Waals surface area (Å²) < 4.78 is 38.9. The third-order valence-electron chi connectivity index (χ3n) is 4.30. The summed E-state index contributed by atoms with van der Waals surface area (Å²) >= 11 is 0. The summed E-state index contributed by atoms with van der Waals surface area (Å²) in [6.07, 6.45) is -0.948. The number of hydrogen-bond acceptors (Lipinski definition) is 3. The van der Waals surface area contributed by atoms with E-state index in [9.17, 15) is 13.2 Å². The average molecular weight is 271 g/mol. The second-order valence-electron chi connectivity index (χ2n) is 5.44. The van der Waals surface area contributed by atoms with Gasteiger partial charge in [-0.3, -0.25) is 0 Å². The van der Waals surface area contributed by atoms with Crippen LogP contribution >= 0.6 is 0 Å². The summed E-state index contributed by atoms with van der Waals surface area (Å²) in [5, 5.41) is 0. The predicted molar refractivity (Wildman–Crippen MR) is 65.6 cm³/mol. The van der Waals surface area contributed by atoms with Crippen LogP contribution in [-0.2, 0) is 6.18 Å². The molecule has 3 unspecified atom stereocenters. The van der Waals surface area contributed by atoms with Crippen LogP contribution in [0.25, 0.3) is 0 Å². The zero-order chi connectivity index (χ0) is 13.6. The van der Waals surface area contributed by atoms with Crippen LogP contribution in [0.5, 0.6) is 0 Å². The van der Waals surface area contributed by atoms with Crippen molar-refractivity contribution < 1.29 is 13.2 Å². The number of anilines is 1. The normalized spacial score (nSPS) is 30.7. The Morgan fingerprint density at radius 2 is 2.05 bits per heavy atom. The van der Waals surface area contributed by atoms with Gasteiger partial charge in [-0.15, -0.1) is 0 Å². The van der Waals surface area contributed by atoms with Crippen LogP contribution in [0.4, 0.5) is 19.0 Å². The first kappa shape index (κ1) is 12.7. The standard InChI is InChI=1S/C13H16F3N3/c14-13(15,16)10-2-1-5-18-12(10)19-6-8-3-4-11(17)9(8)7-19/h1-2,5,8-9,11H,3-4,6-7,17H2. The van der Waals surface area contributed by atoms with E-state index in [1.54, 1.807) is 4.90 Å². The Labute approximate surface area is 109 Å². The van der Waals surface area contributed by atoms with Crippen LogP contribution in [0.1, 0.15) is 18.4 Å². The van der Waals surface area contributed by atoms with Gasteiger partial charge >= 0.3 is 6.18 Å². The van der Waals surface area contributed by atoms with Crippen molar-refractivity contribution in [1.29, 1.82) is 0 Å². The molecule has 1 aliphatic heterocycles. The molecule has 19 heavy (non-hydrogen) atoms. The molecule has 3 rings (SSSR count). The van der Waals surface area contributed by atoms with Gasteiger partial charge in [-0.05, 0) is 36.8 Å². The molecule has 2 aliphatic rings. The number of hydrogen-bond donors (Lipinski definition) is 1. The number of rotatable bonds is 1. The molecule has 2 heterocycles. The summed E-state index contributed by atoms with van der Waals surface area (Å²) in [7, 11) is 0. The van der Waals surface area contributed by atoms with Gasteiger partial charge in [-0.1, -0.05) is 0 Å². The van der Waals surface area contributed by atoms with E-state index in [1.165, 1.54) is 12.3 Å². The van der Waals surface area contributed by atoms with Crippen molar-refractivity contribution in [3.63, 3.8) is 0 Å². The molecule has 6 heteroatoms. The molecule has 2 N–H and O–H groups in total. The summed E-state index contributed by atoms with van der Waals surface area (Å²) in [5.74, 6) is 0.776. The Balaban J connectivity index is 1.88. The Kier molecular flexibility index (Phi) is 2.92. The topological polar surface area (TPSA) is 42.1 Å². The number of pyridine rings is 1. The van der Waals surface area contributed by atoms with E-state index < -0.39 is 11.7 Å². The van der Waals surface area contributed by atoms with Crippen LogP contribution in [0.2, 0.25) is 0 Å². The summed E-state index contributed by atoms with van der Waals surface area (Å²) in [6.45, 7) is 1.23. The first-order valence-corrected chi connectivity index (χ1v) is 6.49. The summed E-state index contributed by atoms with van der Waals surface area (Å²) in [5.41, 5.74) is 5.37. The third kappa shape index (κ3) is 2.18. The third-order valence-corrected chi connectivity index (χ3v) is 4.30. The van der Waals surface area contributed by atoms with Gasteiger partial charge in [0.2, 0.25) is 0 Å². The van der Waals surface area contributed by atoms with Gasteiger partial charge in [0.25, 0.3) is 0 Å². The zero-order valence-corrected chi connectivity index (χ0v) is 10.4. The van der Waals surface area contributed by atoms with Gasteiger partial charge in [0, 0.05) is 25.3 Å². The Bertz CT molecular complexity index is 474. The largest absolute Gasteiger partial charge is 0.419 e. The zero-order valence-electron chi connectivity index (χ0n) is 10.4. The average Bonchev–Trinajstić information content (AvgIpc) is 2.91. The van der Waals surface area contributed by atoms with E-state index in [0.717, 1.165) is 18.9 Å². The maximum atomic E-state index is 13.0. The molecule has 1 aromatic heterocycles. The lowest BCUT2D eigenvalue weighted by atomic mass is 9.98. The molecule has 2 fully saturated rings. The van der Waals surface area contributed by atoms with Crippen molar-refractivity contribution in [1.82, 2.24) is 4.98 Å². The van der Waals surface area contributed by atoms with E-state index in [2.05, 4.69) is 4.98 Å². The van der Waals surface area contributed by atoms with E-state index in [-0.39, 0.29) is 11.9 Å². The Morgan fingerprint density at radius 1 is 1.26 bits per heavy atom. The Hall–Kier alpha value is -1.30. The van der Waals surface area contributed by atoms with Gasteiger partial charge in [0.1, 0.15) is 5.82 Å². The van der Waals surface area contributed by atoms with Crippen LogP contribution in [-0.4, -0.2) is 24.1 Å². The summed E-state index contributed by atoms with van der Waals surface area (Å²) in [4.78, 5) is 5.69. The number of aromatic nitrogens is 1. The van der Waals surface area contributed by atoms with Crippen LogP contribution in [0.15, 0.2) is 18.3 Å². The molecule has 0 bridgehead atoms. The SMILES string of the molecule is NC1CCC2CN(c3ncccc3C(F)(F)F)CC12. The van der Waals surface area contributed by atoms with Gasteiger partial charge in [0.05, 0.1) is 5.56 Å². The molecule has 1 saturated carbocycles. The van der Waals surface area contributed by atoms with Crippen molar-refractivity contribution in [2.75, 3.05) is 18.0 Å². The molecule has 3 atom stereocenters. The maximum absolute atomic E-state index is 13.0. The summed E-state index contributed by atoms with van der Waals surface area (Å²) in [6, 6.07) is 2.54. The fraction of sp³-hybridized carbons (Fsp3) is 0.615. The Morgan fingerprint density at radius 3 is 2.74 bits per heavy atom.